The fourth-order valence-corrected chi connectivity index (χ4v) is 2.70. The lowest BCUT2D eigenvalue weighted by Crippen LogP contribution is -2.46. The van der Waals surface area contributed by atoms with Crippen LogP contribution >= 0.6 is 0 Å². The Morgan fingerprint density at radius 2 is 0.821 bits per heavy atom. The van der Waals surface area contributed by atoms with Gasteiger partial charge in [0.05, 0.1) is 26.2 Å². The molecule has 4 N–H and O–H groups in total. The Morgan fingerprint density at radius 1 is 0.571 bits per heavy atom. The second kappa shape index (κ2) is 12.3. The first-order valence-corrected chi connectivity index (χ1v) is 8.82. The fraction of sp³-hybridized carbons (Fsp3) is 0.765. The quantitative estimate of drug-likeness (QED) is 0.272. The molecule has 0 aliphatic rings. The largest absolute Gasteiger partial charge is 0.480 e. The summed E-state index contributed by atoms with van der Waals surface area (Å²) in [6.45, 7) is 6.11. The van der Waals surface area contributed by atoms with Crippen LogP contribution in [0.3, 0.4) is 0 Å². The molecule has 0 fully saturated rings. The van der Waals surface area contributed by atoms with E-state index in [0.29, 0.717) is 19.6 Å². The van der Waals surface area contributed by atoms with E-state index in [4.69, 9.17) is 20.4 Å². The Morgan fingerprint density at radius 3 is 1.04 bits per heavy atom. The molecular formula is C17H31N3O8. The van der Waals surface area contributed by atoms with Crippen LogP contribution in [0.25, 0.3) is 0 Å². The molecule has 0 saturated heterocycles. The SMILES string of the molecule is CC(C)(C)CN(CCN(CC(=O)O)CC(=O)O)CCN(CC(=O)O)CC(=O)O. The van der Waals surface area contributed by atoms with Crippen molar-refractivity contribution in [3.05, 3.63) is 0 Å². The highest BCUT2D eigenvalue weighted by molar-refractivity contribution is 5.73. The summed E-state index contributed by atoms with van der Waals surface area (Å²) >= 11 is 0. The number of carboxylic acid groups (broad SMARTS) is 4. The van der Waals surface area contributed by atoms with Crippen LogP contribution in [0, 0.1) is 5.41 Å². The van der Waals surface area contributed by atoms with Crippen molar-refractivity contribution >= 4 is 23.9 Å². The molecule has 0 aromatic carbocycles. The van der Waals surface area contributed by atoms with Gasteiger partial charge in [0, 0.05) is 32.7 Å². The van der Waals surface area contributed by atoms with E-state index >= 15 is 0 Å². The summed E-state index contributed by atoms with van der Waals surface area (Å²) in [5.41, 5.74) is -0.116. The highest BCUT2D eigenvalue weighted by Crippen LogP contribution is 2.15. The van der Waals surface area contributed by atoms with Crippen LogP contribution < -0.4 is 0 Å². The highest BCUT2D eigenvalue weighted by atomic mass is 16.4. The van der Waals surface area contributed by atoms with Crippen molar-refractivity contribution in [2.24, 2.45) is 5.41 Å². The molecule has 0 heterocycles. The van der Waals surface area contributed by atoms with Crippen LogP contribution in [-0.2, 0) is 19.2 Å². The smallest absolute Gasteiger partial charge is 0.317 e. The van der Waals surface area contributed by atoms with Gasteiger partial charge in [0.25, 0.3) is 0 Å². The van der Waals surface area contributed by atoms with Crippen molar-refractivity contribution in [1.82, 2.24) is 14.7 Å². The number of carbonyl (C=O) groups is 4. The average molecular weight is 405 g/mol. The summed E-state index contributed by atoms with van der Waals surface area (Å²) in [4.78, 5) is 48.2. The van der Waals surface area contributed by atoms with E-state index in [1.54, 1.807) is 0 Å². The standard InChI is InChI=1S/C17H31N3O8/c1-17(2,3)12-18(4-6-19(8-13(21)22)9-14(23)24)5-7-20(10-15(25)26)11-16(27)28/h4-12H2,1-3H3,(H,21,22)(H,23,24)(H,25,26)(H,27,28). The van der Waals surface area contributed by atoms with E-state index in [1.807, 2.05) is 25.7 Å². The van der Waals surface area contributed by atoms with Crippen LogP contribution in [0.5, 0.6) is 0 Å². The number of aliphatic carboxylic acids is 4. The Kier molecular flexibility index (Phi) is 11.3. The second-order valence-electron chi connectivity index (χ2n) is 7.83. The molecule has 11 heteroatoms. The van der Waals surface area contributed by atoms with Gasteiger partial charge >= 0.3 is 23.9 Å². The lowest BCUT2D eigenvalue weighted by Gasteiger charge is -2.33. The zero-order chi connectivity index (χ0) is 21.9. The molecule has 0 aliphatic heterocycles. The molecule has 0 saturated carbocycles. The van der Waals surface area contributed by atoms with Crippen molar-refractivity contribution in [2.45, 2.75) is 20.8 Å². The molecule has 11 nitrogen and oxygen atoms in total. The Balaban J connectivity index is 4.99. The van der Waals surface area contributed by atoms with Gasteiger partial charge in [-0.3, -0.25) is 29.0 Å². The van der Waals surface area contributed by atoms with Crippen molar-refractivity contribution in [3.8, 4) is 0 Å². The summed E-state index contributed by atoms with van der Waals surface area (Å²) in [5.74, 6) is -4.51. The third kappa shape index (κ3) is 14.9. The molecular weight excluding hydrogens is 374 g/mol. The van der Waals surface area contributed by atoms with Gasteiger partial charge in [-0.1, -0.05) is 20.8 Å². The zero-order valence-corrected chi connectivity index (χ0v) is 16.6. The minimum absolute atomic E-state index is 0.116. The molecule has 0 amide bonds. The van der Waals surface area contributed by atoms with E-state index < -0.39 is 50.1 Å². The normalized spacial score (nSPS) is 11.9. The maximum Gasteiger partial charge on any atom is 0.317 e. The lowest BCUT2D eigenvalue weighted by molar-refractivity contribution is -0.143. The maximum absolute atomic E-state index is 10.9. The Bertz CT molecular complexity index is 475. The average Bonchev–Trinajstić information content (AvgIpc) is 2.45. The summed E-state index contributed by atoms with van der Waals surface area (Å²) < 4.78 is 0. The van der Waals surface area contributed by atoms with Crippen LogP contribution in [0.1, 0.15) is 20.8 Å². The van der Waals surface area contributed by atoms with E-state index in [-0.39, 0.29) is 18.5 Å². The van der Waals surface area contributed by atoms with Gasteiger partial charge in [-0.25, -0.2) is 0 Å². The van der Waals surface area contributed by atoms with Gasteiger partial charge in [-0.05, 0) is 5.41 Å². The maximum atomic E-state index is 10.9. The van der Waals surface area contributed by atoms with Crippen LogP contribution in [-0.4, -0.2) is 118 Å². The topological polar surface area (TPSA) is 159 Å². The molecule has 0 aliphatic carbocycles. The number of hydrogen-bond acceptors (Lipinski definition) is 7. The molecule has 0 atom stereocenters. The predicted octanol–water partition coefficient (Wildman–Crippen LogP) is -0.723. The third-order valence-corrected chi connectivity index (χ3v) is 3.60. The molecule has 162 valence electrons. The number of nitrogens with zero attached hydrogens (tertiary/aromatic N) is 3. The van der Waals surface area contributed by atoms with E-state index in [9.17, 15) is 19.2 Å². The van der Waals surface area contributed by atoms with Gasteiger partial charge in [0.1, 0.15) is 0 Å². The minimum Gasteiger partial charge on any atom is -0.480 e. The summed E-state index contributed by atoms with van der Waals surface area (Å²) in [6, 6.07) is 0. The van der Waals surface area contributed by atoms with Crippen molar-refractivity contribution in [3.63, 3.8) is 0 Å². The molecule has 0 aromatic heterocycles. The first-order valence-electron chi connectivity index (χ1n) is 8.82. The van der Waals surface area contributed by atoms with Gasteiger partial charge in [-0.15, -0.1) is 0 Å². The minimum atomic E-state index is -1.13. The number of rotatable bonds is 15. The highest BCUT2D eigenvalue weighted by Gasteiger charge is 2.21. The molecule has 28 heavy (non-hydrogen) atoms. The van der Waals surface area contributed by atoms with Crippen LogP contribution in [0.4, 0.5) is 0 Å². The molecule has 0 radical (unpaired) electrons. The van der Waals surface area contributed by atoms with Crippen molar-refractivity contribution in [2.75, 3.05) is 58.9 Å². The van der Waals surface area contributed by atoms with Gasteiger partial charge in [0.2, 0.25) is 0 Å². The van der Waals surface area contributed by atoms with E-state index in [2.05, 4.69) is 0 Å². The van der Waals surface area contributed by atoms with Crippen molar-refractivity contribution in [1.29, 1.82) is 0 Å². The first-order chi connectivity index (χ1) is 12.8. The molecule has 0 aromatic rings. The second-order valence-corrected chi connectivity index (χ2v) is 7.83. The molecule has 0 bridgehead atoms. The fourth-order valence-electron chi connectivity index (χ4n) is 2.70. The molecule has 0 rings (SSSR count). The third-order valence-electron chi connectivity index (χ3n) is 3.60. The van der Waals surface area contributed by atoms with E-state index in [1.165, 1.54) is 9.80 Å². The Labute approximate surface area is 164 Å². The van der Waals surface area contributed by atoms with Crippen LogP contribution in [0.2, 0.25) is 0 Å². The van der Waals surface area contributed by atoms with E-state index in [0.717, 1.165) is 0 Å². The lowest BCUT2D eigenvalue weighted by atomic mass is 9.96. The summed E-state index contributed by atoms with van der Waals surface area (Å²) in [7, 11) is 0. The predicted molar refractivity (Wildman–Crippen MR) is 99.3 cm³/mol. The van der Waals surface area contributed by atoms with Gasteiger partial charge in [0.15, 0.2) is 0 Å². The van der Waals surface area contributed by atoms with Crippen LogP contribution in [0.15, 0.2) is 0 Å². The molecule has 0 unspecified atom stereocenters. The number of hydrogen-bond donors (Lipinski definition) is 4. The first kappa shape index (κ1) is 25.8. The monoisotopic (exact) mass is 405 g/mol. The van der Waals surface area contributed by atoms with Gasteiger partial charge in [-0.2, -0.15) is 0 Å². The summed E-state index contributed by atoms with van der Waals surface area (Å²) in [5, 5.41) is 35.7. The number of carboxylic acids is 4. The van der Waals surface area contributed by atoms with Crippen molar-refractivity contribution < 1.29 is 39.6 Å². The molecule has 0 spiro atoms. The zero-order valence-electron chi connectivity index (χ0n) is 16.6. The van der Waals surface area contributed by atoms with Gasteiger partial charge < -0.3 is 25.3 Å². The Hall–Kier alpha value is -2.24. The summed E-state index contributed by atoms with van der Waals surface area (Å²) in [6.07, 6.45) is 0.